The van der Waals surface area contributed by atoms with Crippen LogP contribution in [0, 0.1) is 0 Å². The molecular weight excluding hydrogens is 182 g/mol. The maximum Gasteiger partial charge on any atom is 0.249 e. The lowest BCUT2D eigenvalue weighted by Gasteiger charge is -2.02. The van der Waals surface area contributed by atoms with Crippen molar-refractivity contribution in [2.75, 3.05) is 18.4 Å². The van der Waals surface area contributed by atoms with Gasteiger partial charge in [-0.25, -0.2) is 4.98 Å². The Balaban J connectivity index is 2.27. The molecule has 0 bridgehead atoms. The molecule has 0 unspecified atom stereocenters. The molecule has 0 aliphatic carbocycles. The van der Waals surface area contributed by atoms with Gasteiger partial charge in [-0.05, 0) is 13.0 Å². The Labute approximate surface area is 82.1 Å². The molecule has 0 aliphatic rings. The van der Waals surface area contributed by atoms with Gasteiger partial charge in [0.15, 0.2) is 0 Å². The maximum atomic E-state index is 11.2. The number of nitrogens with one attached hydrogen (secondary N) is 2. The fraction of sp³-hybridized carbons (Fsp3) is 0.500. The highest BCUT2D eigenvalue weighted by Crippen LogP contribution is 1.90. The quantitative estimate of drug-likeness (QED) is 0.636. The standard InChI is InChI=1S/C8H13N5O/c1-2-3-9-6-7(14)12-8-10-4-5-11-13-8/h4-5,9H,2-3,6H2,1H3,(H,10,12,13,14). The van der Waals surface area contributed by atoms with E-state index >= 15 is 0 Å². The predicted molar refractivity (Wildman–Crippen MR) is 51.6 cm³/mol. The van der Waals surface area contributed by atoms with Gasteiger partial charge < -0.3 is 5.32 Å². The Hall–Kier alpha value is -1.56. The van der Waals surface area contributed by atoms with Crippen molar-refractivity contribution in [3.63, 3.8) is 0 Å². The van der Waals surface area contributed by atoms with Crippen LogP contribution in [0.1, 0.15) is 13.3 Å². The highest BCUT2D eigenvalue weighted by atomic mass is 16.2. The SMILES string of the molecule is CCCNCC(=O)Nc1nccnn1. The lowest BCUT2D eigenvalue weighted by atomic mass is 10.4. The minimum atomic E-state index is -0.161. The summed E-state index contributed by atoms with van der Waals surface area (Å²) >= 11 is 0. The summed E-state index contributed by atoms with van der Waals surface area (Å²) in [5.74, 6) is 0.0715. The second kappa shape index (κ2) is 5.98. The van der Waals surface area contributed by atoms with Crippen molar-refractivity contribution >= 4 is 11.9 Å². The zero-order valence-corrected chi connectivity index (χ0v) is 8.03. The van der Waals surface area contributed by atoms with Crippen LogP contribution in [0.15, 0.2) is 12.4 Å². The molecule has 0 radical (unpaired) electrons. The van der Waals surface area contributed by atoms with E-state index in [1.807, 2.05) is 6.92 Å². The molecule has 1 aromatic rings. The van der Waals surface area contributed by atoms with Crippen molar-refractivity contribution < 1.29 is 4.79 Å². The highest BCUT2D eigenvalue weighted by Gasteiger charge is 2.02. The molecule has 76 valence electrons. The first-order chi connectivity index (χ1) is 6.83. The van der Waals surface area contributed by atoms with Crippen LogP contribution in [0.2, 0.25) is 0 Å². The number of anilines is 1. The van der Waals surface area contributed by atoms with Crippen LogP contribution in [0.3, 0.4) is 0 Å². The van der Waals surface area contributed by atoms with E-state index in [0.717, 1.165) is 13.0 Å². The van der Waals surface area contributed by atoms with Gasteiger partial charge in [0.1, 0.15) is 0 Å². The van der Waals surface area contributed by atoms with Crippen molar-refractivity contribution in [2.45, 2.75) is 13.3 Å². The Bertz CT molecular complexity index is 276. The number of hydrogen-bond acceptors (Lipinski definition) is 5. The van der Waals surface area contributed by atoms with Gasteiger partial charge in [0.2, 0.25) is 11.9 Å². The molecule has 1 heterocycles. The van der Waals surface area contributed by atoms with E-state index in [9.17, 15) is 4.79 Å². The van der Waals surface area contributed by atoms with Crippen molar-refractivity contribution in [2.24, 2.45) is 0 Å². The predicted octanol–water partition coefficient (Wildman–Crippen LogP) is -0.190. The fourth-order valence-corrected chi connectivity index (χ4v) is 0.852. The molecule has 0 aliphatic heterocycles. The first-order valence-electron chi connectivity index (χ1n) is 4.47. The maximum absolute atomic E-state index is 11.2. The highest BCUT2D eigenvalue weighted by molar-refractivity contribution is 5.90. The molecule has 6 nitrogen and oxygen atoms in total. The summed E-state index contributed by atoms with van der Waals surface area (Å²) in [6.07, 6.45) is 3.92. The summed E-state index contributed by atoms with van der Waals surface area (Å²) in [6, 6.07) is 0. The van der Waals surface area contributed by atoms with E-state index in [4.69, 9.17) is 0 Å². The van der Waals surface area contributed by atoms with Crippen molar-refractivity contribution in [1.29, 1.82) is 0 Å². The molecule has 0 spiro atoms. The largest absolute Gasteiger partial charge is 0.308 e. The molecule has 2 N–H and O–H groups in total. The second-order valence-electron chi connectivity index (χ2n) is 2.69. The van der Waals surface area contributed by atoms with Gasteiger partial charge in [-0.1, -0.05) is 6.92 Å². The Morgan fingerprint density at radius 2 is 2.36 bits per heavy atom. The van der Waals surface area contributed by atoms with Crippen LogP contribution in [0.4, 0.5) is 5.95 Å². The van der Waals surface area contributed by atoms with Crippen LogP contribution in [-0.4, -0.2) is 34.2 Å². The topological polar surface area (TPSA) is 79.8 Å². The van der Waals surface area contributed by atoms with Gasteiger partial charge >= 0.3 is 0 Å². The lowest BCUT2D eigenvalue weighted by Crippen LogP contribution is -2.29. The van der Waals surface area contributed by atoms with Crippen molar-refractivity contribution in [1.82, 2.24) is 20.5 Å². The number of amides is 1. The molecule has 0 saturated carbocycles. The van der Waals surface area contributed by atoms with Crippen molar-refractivity contribution in [3.05, 3.63) is 12.4 Å². The Morgan fingerprint density at radius 1 is 1.50 bits per heavy atom. The van der Waals surface area contributed by atoms with Gasteiger partial charge in [-0.15, -0.1) is 5.10 Å². The smallest absolute Gasteiger partial charge is 0.249 e. The molecule has 1 aromatic heterocycles. The lowest BCUT2D eigenvalue weighted by molar-refractivity contribution is -0.115. The first kappa shape index (κ1) is 10.5. The number of nitrogens with zero attached hydrogens (tertiary/aromatic N) is 3. The Kier molecular flexibility index (Phi) is 4.49. The van der Waals surface area contributed by atoms with Crippen LogP contribution < -0.4 is 10.6 Å². The molecule has 0 fully saturated rings. The van der Waals surface area contributed by atoms with E-state index in [1.54, 1.807) is 0 Å². The third-order valence-corrected chi connectivity index (χ3v) is 1.45. The molecular formula is C8H13N5O. The number of aromatic nitrogens is 3. The molecule has 1 amide bonds. The summed E-state index contributed by atoms with van der Waals surface area (Å²) in [5, 5.41) is 12.7. The number of rotatable bonds is 5. The zero-order chi connectivity index (χ0) is 10.2. The van der Waals surface area contributed by atoms with Crippen LogP contribution in [-0.2, 0) is 4.79 Å². The summed E-state index contributed by atoms with van der Waals surface area (Å²) in [6.45, 7) is 3.13. The van der Waals surface area contributed by atoms with E-state index < -0.39 is 0 Å². The molecule has 0 aromatic carbocycles. The van der Waals surface area contributed by atoms with Crippen LogP contribution in [0.5, 0.6) is 0 Å². The molecule has 6 heteroatoms. The third kappa shape index (κ3) is 3.90. The molecule has 14 heavy (non-hydrogen) atoms. The third-order valence-electron chi connectivity index (χ3n) is 1.45. The van der Waals surface area contributed by atoms with E-state index in [2.05, 4.69) is 25.8 Å². The first-order valence-corrected chi connectivity index (χ1v) is 4.47. The summed E-state index contributed by atoms with van der Waals surface area (Å²) < 4.78 is 0. The van der Waals surface area contributed by atoms with Gasteiger partial charge in [-0.3, -0.25) is 10.1 Å². The second-order valence-corrected chi connectivity index (χ2v) is 2.69. The normalized spacial score (nSPS) is 9.79. The summed E-state index contributed by atoms with van der Waals surface area (Å²) in [4.78, 5) is 15.0. The zero-order valence-electron chi connectivity index (χ0n) is 8.03. The molecule has 0 saturated heterocycles. The Morgan fingerprint density at radius 3 is 3.00 bits per heavy atom. The van der Waals surface area contributed by atoms with Crippen LogP contribution in [0.25, 0.3) is 0 Å². The van der Waals surface area contributed by atoms with E-state index in [-0.39, 0.29) is 18.4 Å². The van der Waals surface area contributed by atoms with Crippen molar-refractivity contribution in [3.8, 4) is 0 Å². The van der Waals surface area contributed by atoms with E-state index in [0.29, 0.717) is 0 Å². The molecule has 1 rings (SSSR count). The van der Waals surface area contributed by atoms with E-state index in [1.165, 1.54) is 12.4 Å². The van der Waals surface area contributed by atoms with Gasteiger partial charge in [0.05, 0.1) is 18.9 Å². The number of carbonyl (C=O) groups excluding carboxylic acids is 1. The van der Waals surface area contributed by atoms with Gasteiger partial charge in [0, 0.05) is 0 Å². The molecule has 0 atom stereocenters. The van der Waals surface area contributed by atoms with Gasteiger partial charge in [-0.2, -0.15) is 5.10 Å². The fourth-order valence-electron chi connectivity index (χ4n) is 0.852. The summed E-state index contributed by atoms with van der Waals surface area (Å²) in [5.41, 5.74) is 0. The average molecular weight is 195 g/mol. The van der Waals surface area contributed by atoms with Crippen LogP contribution >= 0.6 is 0 Å². The number of carbonyl (C=O) groups is 1. The minimum absolute atomic E-state index is 0.161. The minimum Gasteiger partial charge on any atom is -0.308 e. The summed E-state index contributed by atoms with van der Waals surface area (Å²) in [7, 11) is 0. The van der Waals surface area contributed by atoms with Gasteiger partial charge in [0.25, 0.3) is 0 Å². The number of hydrogen-bond donors (Lipinski definition) is 2. The average Bonchev–Trinajstić information content (AvgIpc) is 2.20. The monoisotopic (exact) mass is 195 g/mol.